The maximum Gasteiger partial charge on any atom is 0.338 e. The summed E-state index contributed by atoms with van der Waals surface area (Å²) in [5.74, 6) is -1.46. The fourth-order valence-corrected chi connectivity index (χ4v) is 2.83. The first-order chi connectivity index (χ1) is 11.5. The van der Waals surface area contributed by atoms with Gasteiger partial charge in [-0.05, 0) is 37.5 Å². The average Bonchev–Trinajstić information content (AvgIpc) is 2.61. The molecule has 0 radical (unpaired) electrons. The lowest BCUT2D eigenvalue weighted by molar-refractivity contribution is -0.156. The van der Waals surface area contributed by atoms with Crippen molar-refractivity contribution in [1.29, 1.82) is 0 Å². The minimum Gasteiger partial charge on any atom is -0.481 e. The molecule has 4 nitrogen and oxygen atoms in total. The molecular weight excluding hydrogens is 304 g/mol. The number of rotatable bonds is 7. The van der Waals surface area contributed by atoms with E-state index in [1.165, 1.54) is 0 Å². The number of carboxylic acids is 1. The molecule has 0 heterocycles. The number of hydrogen-bond donors (Lipinski definition) is 1. The van der Waals surface area contributed by atoms with E-state index < -0.39 is 23.5 Å². The smallest absolute Gasteiger partial charge is 0.338 e. The SMILES string of the molecule is CCC(Cc1ccccc1)(C(=O)O)C(C)OC(=O)c1ccccc1. The molecule has 4 heteroatoms. The quantitative estimate of drug-likeness (QED) is 0.782. The predicted molar refractivity (Wildman–Crippen MR) is 91.8 cm³/mol. The van der Waals surface area contributed by atoms with Crippen molar-refractivity contribution in [3.63, 3.8) is 0 Å². The predicted octanol–water partition coefficient (Wildman–Crippen LogP) is 3.96. The van der Waals surface area contributed by atoms with Crippen LogP contribution in [0.4, 0.5) is 0 Å². The van der Waals surface area contributed by atoms with Gasteiger partial charge in [-0.2, -0.15) is 0 Å². The van der Waals surface area contributed by atoms with Crippen LogP contribution < -0.4 is 0 Å². The van der Waals surface area contributed by atoms with Gasteiger partial charge >= 0.3 is 11.9 Å². The number of carbonyl (C=O) groups excluding carboxylic acids is 1. The lowest BCUT2D eigenvalue weighted by Crippen LogP contribution is -2.44. The van der Waals surface area contributed by atoms with Crippen molar-refractivity contribution >= 4 is 11.9 Å². The first kappa shape index (κ1) is 17.7. The third kappa shape index (κ3) is 3.82. The van der Waals surface area contributed by atoms with Crippen LogP contribution in [0.3, 0.4) is 0 Å². The normalized spacial score (nSPS) is 14.4. The summed E-state index contributed by atoms with van der Waals surface area (Å²) in [7, 11) is 0. The van der Waals surface area contributed by atoms with Crippen LogP contribution in [0.2, 0.25) is 0 Å². The fourth-order valence-electron chi connectivity index (χ4n) is 2.83. The zero-order chi connectivity index (χ0) is 17.6. The molecule has 0 fully saturated rings. The van der Waals surface area contributed by atoms with Gasteiger partial charge in [-0.3, -0.25) is 4.79 Å². The van der Waals surface area contributed by atoms with Gasteiger partial charge in [0.25, 0.3) is 0 Å². The molecule has 0 aliphatic rings. The number of carboxylic acid groups (broad SMARTS) is 1. The van der Waals surface area contributed by atoms with Crippen LogP contribution in [-0.4, -0.2) is 23.1 Å². The Labute approximate surface area is 142 Å². The minimum atomic E-state index is -1.16. The zero-order valence-corrected chi connectivity index (χ0v) is 13.9. The highest BCUT2D eigenvalue weighted by atomic mass is 16.5. The molecule has 0 aliphatic heterocycles. The molecule has 0 aromatic heterocycles. The van der Waals surface area contributed by atoms with Gasteiger partial charge in [-0.15, -0.1) is 0 Å². The molecule has 0 saturated heterocycles. The molecule has 0 amide bonds. The van der Waals surface area contributed by atoms with Gasteiger partial charge < -0.3 is 9.84 Å². The van der Waals surface area contributed by atoms with Gasteiger partial charge in [-0.1, -0.05) is 55.5 Å². The van der Waals surface area contributed by atoms with Crippen LogP contribution in [0, 0.1) is 5.41 Å². The summed E-state index contributed by atoms with van der Waals surface area (Å²) < 4.78 is 5.51. The van der Waals surface area contributed by atoms with Crippen LogP contribution >= 0.6 is 0 Å². The molecule has 1 N–H and O–H groups in total. The largest absolute Gasteiger partial charge is 0.481 e. The van der Waals surface area contributed by atoms with Gasteiger partial charge in [-0.25, -0.2) is 4.79 Å². The number of esters is 1. The lowest BCUT2D eigenvalue weighted by atomic mass is 9.75. The second-order valence-corrected chi connectivity index (χ2v) is 5.89. The third-order valence-electron chi connectivity index (χ3n) is 4.49. The van der Waals surface area contributed by atoms with E-state index in [0.717, 1.165) is 5.56 Å². The summed E-state index contributed by atoms with van der Waals surface area (Å²) in [5.41, 5.74) is 0.162. The van der Waals surface area contributed by atoms with Crippen molar-refractivity contribution in [3.05, 3.63) is 71.8 Å². The molecule has 0 bridgehead atoms. The molecule has 0 aliphatic carbocycles. The molecule has 2 unspecified atom stereocenters. The number of ether oxygens (including phenoxy) is 1. The Morgan fingerprint density at radius 2 is 1.58 bits per heavy atom. The van der Waals surface area contributed by atoms with Crippen LogP contribution in [0.1, 0.15) is 36.2 Å². The second-order valence-electron chi connectivity index (χ2n) is 5.89. The first-order valence-electron chi connectivity index (χ1n) is 8.03. The standard InChI is InChI=1S/C20H22O4/c1-3-20(19(22)23,14-16-10-6-4-7-11-16)15(2)24-18(21)17-12-8-5-9-13-17/h4-13,15H,3,14H2,1-2H3,(H,22,23). The lowest BCUT2D eigenvalue weighted by Gasteiger charge is -2.34. The number of aliphatic carboxylic acids is 1. The van der Waals surface area contributed by atoms with Gasteiger partial charge in [0.15, 0.2) is 0 Å². The van der Waals surface area contributed by atoms with E-state index in [1.54, 1.807) is 31.2 Å². The summed E-state index contributed by atoms with van der Waals surface area (Å²) in [6.45, 7) is 3.46. The molecule has 24 heavy (non-hydrogen) atoms. The highest BCUT2D eigenvalue weighted by Gasteiger charge is 2.44. The number of hydrogen-bond acceptors (Lipinski definition) is 3. The van der Waals surface area contributed by atoms with Gasteiger partial charge in [0, 0.05) is 0 Å². The van der Waals surface area contributed by atoms with Crippen molar-refractivity contribution in [1.82, 2.24) is 0 Å². The van der Waals surface area contributed by atoms with Gasteiger partial charge in [0.2, 0.25) is 0 Å². The van der Waals surface area contributed by atoms with Crippen molar-refractivity contribution < 1.29 is 19.4 Å². The summed E-state index contributed by atoms with van der Waals surface area (Å²) in [4.78, 5) is 24.3. The molecule has 2 rings (SSSR count). The van der Waals surface area contributed by atoms with Crippen molar-refractivity contribution in [2.75, 3.05) is 0 Å². The van der Waals surface area contributed by atoms with Crippen LogP contribution in [0.15, 0.2) is 60.7 Å². The topological polar surface area (TPSA) is 63.6 Å². The summed E-state index contributed by atoms with van der Waals surface area (Å²) in [6.07, 6.45) is -0.0865. The Morgan fingerprint density at radius 1 is 1.04 bits per heavy atom. The molecule has 126 valence electrons. The fraction of sp³-hybridized carbons (Fsp3) is 0.300. The van der Waals surface area contributed by atoms with Gasteiger partial charge in [0.1, 0.15) is 11.5 Å². The average molecular weight is 326 g/mol. The zero-order valence-electron chi connectivity index (χ0n) is 13.9. The van der Waals surface area contributed by atoms with Crippen molar-refractivity contribution in [2.24, 2.45) is 5.41 Å². The number of benzene rings is 2. The van der Waals surface area contributed by atoms with E-state index in [0.29, 0.717) is 18.4 Å². The third-order valence-corrected chi connectivity index (χ3v) is 4.49. The van der Waals surface area contributed by atoms with E-state index >= 15 is 0 Å². The van der Waals surface area contributed by atoms with E-state index in [2.05, 4.69) is 0 Å². The minimum absolute atomic E-state index is 0.308. The Balaban J connectivity index is 2.23. The van der Waals surface area contributed by atoms with Crippen molar-refractivity contribution in [2.45, 2.75) is 32.8 Å². The summed E-state index contributed by atoms with van der Waals surface area (Å²) in [5, 5.41) is 9.85. The Hall–Kier alpha value is -2.62. The van der Waals surface area contributed by atoms with E-state index in [1.807, 2.05) is 43.3 Å². The maximum absolute atomic E-state index is 12.3. The second kappa shape index (κ2) is 7.77. The Morgan fingerprint density at radius 3 is 2.08 bits per heavy atom. The van der Waals surface area contributed by atoms with E-state index in [4.69, 9.17) is 4.74 Å². The van der Waals surface area contributed by atoms with Crippen molar-refractivity contribution in [3.8, 4) is 0 Å². The first-order valence-corrected chi connectivity index (χ1v) is 8.03. The van der Waals surface area contributed by atoms with E-state index in [9.17, 15) is 14.7 Å². The maximum atomic E-state index is 12.3. The summed E-state index contributed by atoms with van der Waals surface area (Å²) >= 11 is 0. The number of carbonyl (C=O) groups is 2. The highest BCUT2D eigenvalue weighted by molar-refractivity contribution is 5.89. The monoisotopic (exact) mass is 326 g/mol. The molecule has 0 spiro atoms. The van der Waals surface area contributed by atoms with E-state index in [-0.39, 0.29) is 0 Å². The molecule has 2 aromatic rings. The Bertz CT molecular complexity index is 681. The molecule has 2 atom stereocenters. The van der Waals surface area contributed by atoms with Crippen LogP contribution in [0.25, 0.3) is 0 Å². The Kier molecular flexibility index (Phi) is 5.74. The molecular formula is C20H22O4. The highest BCUT2D eigenvalue weighted by Crippen LogP contribution is 2.34. The van der Waals surface area contributed by atoms with Crippen LogP contribution in [-0.2, 0) is 16.0 Å². The molecule has 2 aromatic carbocycles. The van der Waals surface area contributed by atoms with Gasteiger partial charge in [0.05, 0.1) is 5.56 Å². The molecule has 0 saturated carbocycles. The van der Waals surface area contributed by atoms with Crippen LogP contribution in [0.5, 0.6) is 0 Å². The summed E-state index contributed by atoms with van der Waals surface area (Å²) in [6, 6.07) is 18.0.